The van der Waals surface area contributed by atoms with Crippen molar-refractivity contribution in [2.45, 2.75) is 25.7 Å². The third-order valence-corrected chi connectivity index (χ3v) is 3.36. The molecular weight excluding hydrogens is 259 g/mol. The molecule has 2 rings (SSSR count). The van der Waals surface area contributed by atoms with E-state index in [9.17, 15) is 22.8 Å². The summed E-state index contributed by atoms with van der Waals surface area (Å²) in [5.41, 5.74) is 0.131. The van der Waals surface area contributed by atoms with Gasteiger partial charge in [-0.2, -0.15) is 0 Å². The van der Waals surface area contributed by atoms with Gasteiger partial charge < -0.3 is 0 Å². The van der Waals surface area contributed by atoms with Crippen LogP contribution in [-0.2, 0) is 9.59 Å². The molecule has 1 aromatic carbocycles. The second-order valence-electron chi connectivity index (χ2n) is 4.54. The third kappa shape index (κ3) is 2.47. The van der Waals surface area contributed by atoms with Gasteiger partial charge in [0.15, 0.2) is 17.5 Å². The highest BCUT2D eigenvalue weighted by atomic mass is 19.2. The maximum absolute atomic E-state index is 13.2. The van der Waals surface area contributed by atoms with Crippen LogP contribution in [0.25, 0.3) is 0 Å². The second kappa shape index (κ2) is 5.03. The van der Waals surface area contributed by atoms with E-state index < -0.39 is 41.1 Å². The van der Waals surface area contributed by atoms with Gasteiger partial charge in [-0.05, 0) is 24.1 Å². The molecule has 1 aliphatic rings. The Balaban J connectivity index is 2.43. The van der Waals surface area contributed by atoms with Crippen LogP contribution in [0.4, 0.5) is 13.2 Å². The Hall–Kier alpha value is -1.85. The fraction of sp³-hybridized carbons (Fsp3) is 0.385. The van der Waals surface area contributed by atoms with Crippen LogP contribution in [-0.4, -0.2) is 11.8 Å². The number of rotatable bonds is 2. The van der Waals surface area contributed by atoms with Crippen molar-refractivity contribution in [3.63, 3.8) is 0 Å². The molecule has 2 unspecified atom stereocenters. The maximum atomic E-state index is 13.2. The molecule has 0 saturated carbocycles. The van der Waals surface area contributed by atoms with Gasteiger partial charge in [-0.3, -0.25) is 14.9 Å². The van der Waals surface area contributed by atoms with Gasteiger partial charge in [0, 0.05) is 18.3 Å². The Morgan fingerprint density at radius 2 is 1.79 bits per heavy atom. The van der Waals surface area contributed by atoms with Crippen molar-refractivity contribution in [2.24, 2.45) is 5.92 Å². The van der Waals surface area contributed by atoms with Gasteiger partial charge in [-0.25, -0.2) is 13.2 Å². The Labute approximate surface area is 107 Å². The highest BCUT2D eigenvalue weighted by molar-refractivity contribution is 5.99. The van der Waals surface area contributed by atoms with Gasteiger partial charge in [0.25, 0.3) is 0 Å². The van der Waals surface area contributed by atoms with E-state index in [4.69, 9.17) is 0 Å². The van der Waals surface area contributed by atoms with Crippen molar-refractivity contribution < 1.29 is 22.8 Å². The van der Waals surface area contributed by atoms with E-state index in [-0.39, 0.29) is 12.0 Å². The molecule has 1 heterocycles. The van der Waals surface area contributed by atoms with Crippen LogP contribution in [0.2, 0.25) is 0 Å². The molecule has 6 heteroatoms. The van der Waals surface area contributed by atoms with E-state index >= 15 is 0 Å². The van der Waals surface area contributed by atoms with Crippen molar-refractivity contribution in [1.82, 2.24) is 5.32 Å². The molecule has 1 aromatic rings. The number of benzene rings is 1. The zero-order valence-corrected chi connectivity index (χ0v) is 10.2. The SMILES string of the molecule is CCC1C(=O)NC(=O)CC1c1cc(F)c(F)c(F)c1. The average molecular weight is 271 g/mol. The first kappa shape index (κ1) is 13.6. The van der Waals surface area contributed by atoms with Crippen molar-refractivity contribution in [2.75, 3.05) is 0 Å². The lowest BCUT2D eigenvalue weighted by molar-refractivity contribution is -0.137. The molecule has 0 spiro atoms. The van der Waals surface area contributed by atoms with Crippen LogP contribution >= 0.6 is 0 Å². The number of carbonyl (C=O) groups excluding carboxylic acids is 2. The highest BCUT2D eigenvalue weighted by Crippen LogP contribution is 2.34. The summed E-state index contributed by atoms with van der Waals surface area (Å²) in [6.45, 7) is 1.74. The number of carbonyl (C=O) groups is 2. The Kier molecular flexibility index (Phi) is 3.59. The summed E-state index contributed by atoms with van der Waals surface area (Å²) >= 11 is 0. The second-order valence-corrected chi connectivity index (χ2v) is 4.54. The maximum Gasteiger partial charge on any atom is 0.230 e. The van der Waals surface area contributed by atoms with E-state index in [1.807, 2.05) is 0 Å². The normalized spacial score (nSPS) is 23.4. The molecule has 19 heavy (non-hydrogen) atoms. The monoisotopic (exact) mass is 271 g/mol. The van der Waals surface area contributed by atoms with Crippen LogP contribution in [0.5, 0.6) is 0 Å². The third-order valence-electron chi connectivity index (χ3n) is 3.36. The largest absolute Gasteiger partial charge is 0.296 e. The zero-order chi connectivity index (χ0) is 14.2. The molecule has 0 radical (unpaired) electrons. The van der Waals surface area contributed by atoms with E-state index in [1.54, 1.807) is 6.92 Å². The van der Waals surface area contributed by atoms with Crippen molar-refractivity contribution in [3.05, 3.63) is 35.1 Å². The Bertz CT molecular complexity index is 522. The molecule has 0 aromatic heterocycles. The summed E-state index contributed by atoms with van der Waals surface area (Å²) in [5.74, 6) is -6.33. The van der Waals surface area contributed by atoms with Crippen LogP contribution in [0.15, 0.2) is 12.1 Å². The molecule has 2 atom stereocenters. The summed E-state index contributed by atoms with van der Waals surface area (Å²) in [6, 6.07) is 1.69. The van der Waals surface area contributed by atoms with Crippen molar-refractivity contribution in [3.8, 4) is 0 Å². The number of halogens is 3. The van der Waals surface area contributed by atoms with Crippen LogP contribution in [0, 0.1) is 23.4 Å². The lowest BCUT2D eigenvalue weighted by atomic mass is 9.79. The summed E-state index contributed by atoms with van der Waals surface area (Å²) in [4.78, 5) is 23.0. The van der Waals surface area contributed by atoms with Gasteiger partial charge in [-0.15, -0.1) is 0 Å². The van der Waals surface area contributed by atoms with Crippen molar-refractivity contribution in [1.29, 1.82) is 0 Å². The fourth-order valence-corrected chi connectivity index (χ4v) is 2.42. The molecule has 0 bridgehead atoms. The minimum absolute atomic E-state index is 0.0469. The molecule has 1 saturated heterocycles. The van der Waals surface area contributed by atoms with Gasteiger partial charge in [0.1, 0.15) is 0 Å². The predicted molar refractivity (Wildman–Crippen MR) is 60.6 cm³/mol. The molecule has 1 N–H and O–H groups in total. The average Bonchev–Trinajstić information content (AvgIpc) is 2.34. The number of imide groups is 1. The molecule has 1 fully saturated rings. The number of piperidine rings is 1. The van der Waals surface area contributed by atoms with E-state index in [0.29, 0.717) is 6.42 Å². The first-order valence-corrected chi connectivity index (χ1v) is 5.92. The first-order chi connectivity index (χ1) is 8.93. The molecule has 102 valence electrons. The molecule has 3 nitrogen and oxygen atoms in total. The topological polar surface area (TPSA) is 46.2 Å². The lowest BCUT2D eigenvalue weighted by Crippen LogP contribution is -2.44. The smallest absolute Gasteiger partial charge is 0.230 e. The Morgan fingerprint density at radius 1 is 1.21 bits per heavy atom. The number of hydrogen-bond donors (Lipinski definition) is 1. The van der Waals surface area contributed by atoms with Gasteiger partial charge in [0.2, 0.25) is 11.8 Å². The highest BCUT2D eigenvalue weighted by Gasteiger charge is 2.36. The van der Waals surface area contributed by atoms with Gasteiger partial charge in [0.05, 0.1) is 0 Å². The standard InChI is InChI=1S/C13H12F3NO2/c1-2-7-8(5-11(18)17-13(7)19)6-3-9(14)12(16)10(15)4-6/h3-4,7-8H,2,5H2,1H3,(H,17,18,19). The van der Waals surface area contributed by atoms with Gasteiger partial charge >= 0.3 is 0 Å². The number of nitrogens with one attached hydrogen (secondary N) is 1. The molecule has 1 aliphatic heterocycles. The van der Waals surface area contributed by atoms with E-state index in [1.165, 1.54) is 0 Å². The van der Waals surface area contributed by atoms with Crippen LogP contribution in [0.3, 0.4) is 0 Å². The molecule has 0 aliphatic carbocycles. The molecular formula is C13H12F3NO2. The number of hydrogen-bond acceptors (Lipinski definition) is 2. The van der Waals surface area contributed by atoms with Crippen molar-refractivity contribution >= 4 is 11.8 Å². The van der Waals surface area contributed by atoms with Crippen LogP contribution < -0.4 is 5.32 Å². The van der Waals surface area contributed by atoms with Gasteiger partial charge in [-0.1, -0.05) is 6.92 Å². The first-order valence-electron chi connectivity index (χ1n) is 5.92. The van der Waals surface area contributed by atoms with Crippen LogP contribution in [0.1, 0.15) is 31.2 Å². The fourth-order valence-electron chi connectivity index (χ4n) is 2.42. The summed E-state index contributed by atoms with van der Waals surface area (Å²) < 4.78 is 39.4. The van der Waals surface area contributed by atoms with E-state index in [0.717, 1.165) is 12.1 Å². The summed E-state index contributed by atoms with van der Waals surface area (Å²) in [5, 5.41) is 2.18. The Morgan fingerprint density at radius 3 is 2.32 bits per heavy atom. The lowest BCUT2D eigenvalue weighted by Gasteiger charge is -2.29. The molecule has 2 amide bonds. The minimum Gasteiger partial charge on any atom is -0.296 e. The quantitative estimate of drug-likeness (QED) is 0.662. The zero-order valence-electron chi connectivity index (χ0n) is 10.2. The van der Waals surface area contributed by atoms with E-state index in [2.05, 4.69) is 5.32 Å². The number of amides is 2. The predicted octanol–water partition coefficient (Wildman–Crippen LogP) is 2.26. The summed E-state index contributed by atoms with van der Waals surface area (Å²) in [6.07, 6.45) is 0.374. The minimum atomic E-state index is -1.55. The summed E-state index contributed by atoms with van der Waals surface area (Å²) in [7, 11) is 0.